The molecule has 0 aliphatic heterocycles. The highest BCUT2D eigenvalue weighted by Crippen LogP contribution is 2.40. The van der Waals surface area contributed by atoms with Gasteiger partial charge in [-0.25, -0.2) is 9.78 Å². The maximum atomic E-state index is 12.9. The van der Waals surface area contributed by atoms with Crippen molar-refractivity contribution >= 4 is 23.0 Å². The molecule has 1 atom stereocenters. The second-order valence-electron chi connectivity index (χ2n) is 7.43. The van der Waals surface area contributed by atoms with Crippen LogP contribution in [0.25, 0.3) is 11.1 Å². The van der Waals surface area contributed by atoms with E-state index in [9.17, 15) is 9.59 Å². The Balaban J connectivity index is 1.43. The zero-order chi connectivity index (χ0) is 21.3. The van der Waals surface area contributed by atoms with Crippen molar-refractivity contribution in [1.82, 2.24) is 15.5 Å². The van der Waals surface area contributed by atoms with Crippen LogP contribution in [0.1, 0.15) is 53.0 Å². The van der Waals surface area contributed by atoms with Gasteiger partial charge in [0.15, 0.2) is 6.10 Å². The van der Waals surface area contributed by atoms with Crippen LogP contribution in [0.5, 0.6) is 5.75 Å². The molecule has 1 fully saturated rings. The Morgan fingerprint density at radius 1 is 1.27 bits per heavy atom. The van der Waals surface area contributed by atoms with E-state index >= 15 is 0 Å². The molecule has 2 aromatic heterocycles. The molecule has 1 aliphatic rings. The first-order valence-corrected chi connectivity index (χ1v) is 9.84. The topological polar surface area (TPSA) is 104 Å². The van der Waals surface area contributed by atoms with E-state index in [1.807, 2.05) is 24.3 Å². The van der Waals surface area contributed by atoms with Crippen molar-refractivity contribution < 1.29 is 23.6 Å². The number of pyridine rings is 1. The molecule has 8 heteroatoms. The number of amides is 1. The lowest BCUT2D eigenvalue weighted by atomic mass is 10.1. The van der Waals surface area contributed by atoms with Crippen LogP contribution < -0.4 is 10.1 Å². The molecule has 0 radical (unpaired) electrons. The van der Waals surface area contributed by atoms with Gasteiger partial charge >= 0.3 is 5.97 Å². The molecule has 2 heterocycles. The summed E-state index contributed by atoms with van der Waals surface area (Å²) in [5.41, 5.74) is 2.91. The number of nitrogens with zero attached hydrogens (tertiary/aromatic N) is 2. The molecule has 30 heavy (non-hydrogen) atoms. The summed E-state index contributed by atoms with van der Waals surface area (Å²) in [5, 5.41) is 7.22. The normalized spacial score (nSPS) is 14.4. The van der Waals surface area contributed by atoms with E-state index in [2.05, 4.69) is 15.5 Å². The lowest BCUT2D eigenvalue weighted by Gasteiger charge is -2.14. The quantitative estimate of drug-likeness (QED) is 0.597. The Kier molecular flexibility index (Phi) is 5.39. The Labute approximate surface area is 173 Å². The monoisotopic (exact) mass is 409 g/mol. The first-order valence-electron chi connectivity index (χ1n) is 9.84. The van der Waals surface area contributed by atoms with Crippen LogP contribution in [0.2, 0.25) is 0 Å². The molecule has 3 aromatic rings. The number of aromatic nitrogens is 2. The van der Waals surface area contributed by atoms with Crippen molar-refractivity contribution in [3.05, 3.63) is 52.8 Å². The number of esters is 1. The predicted octanol–water partition coefficient (Wildman–Crippen LogP) is 3.28. The van der Waals surface area contributed by atoms with E-state index in [1.165, 1.54) is 0 Å². The summed E-state index contributed by atoms with van der Waals surface area (Å²) in [6.45, 7) is 3.61. The summed E-state index contributed by atoms with van der Waals surface area (Å²) in [4.78, 5) is 29.7. The van der Waals surface area contributed by atoms with E-state index in [4.69, 9.17) is 14.0 Å². The minimum Gasteiger partial charge on any atom is -0.497 e. The van der Waals surface area contributed by atoms with Crippen molar-refractivity contribution in [3.63, 3.8) is 0 Å². The van der Waals surface area contributed by atoms with E-state index in [0.29, 0.717) is 34.8 Å². The minimum atomic E-state index is -0.955. The molecule has 1 saturated carbocycles. The van der Waals surface area contributed by atoms with Crippen LogP contribution in [-0.4, -0.2) is 35.2 Å². The van der Waals surface area contributed by atoms with Crippen LogP contribution in [0.3, 0.4) is 0 Å². The number of hydrogen-bond donors (Lipinski definition) is 1. The number of fused-ring (bicyclic) bond motifs is 1. The van der Waals surface area contributed by atoms with Gasteiger partial charge in [-0.05, 0) is 50.5 Å². The van der Waals surface area contributed by atoms with E-state index < -0.39 is 12.1 Å². The number of carbonyl (C=O) groups excluding carboxylic acids is 2. The Hall–Kier alpha value is -3.42. The van der Waals surface area contributed by atoms with E-state index in [-0.39, 0.29) is 5.91 Å². The number of hydrogen-bond acceptors (Lipinski definition) is 7. The highest BCUT2D eigenvalue weighted by Gasteiger charge is 2.30. The standard InChI is InChI=1S/C22H23N3O5/c1-12-19-17(10-18(15-6-7-15)24-21(19)30-25-12)22(27)29-13(2)20(26)23-11-14-4-8-16(28-3)9-5-14/h4-5,8-10,13,15H,6-7,11H2,1-3H3,(H,23,26)/t13-/m1/s1. The largest absolute Gasteiger partial charge is 0.497 e. The predicted molar refractivity (Wildman–Crippen MR) is 108 cm³/mol. The fourth-order valence-electron chi connectivity index (χ4n) is 3.22. The van der Waals surface area contributed by atoms with Crippen LogP contribution in [0.4, 0.5) is 0 Å². The fourth-order valence-corrected chi connectivity index (χ4v) is 3.22. The van der Waals surface area contributed by atoms with E-state index in [0.717, 1.165) is 29.8 Å². The lowest BCUT2D eigenvalue weighted by molar-refractivity contribution is -0.129. The average molecular weight is 409 g/mol. The number of methoxy groups -OCH3 is 1. The first kappa shape index (κ1) is 19.9. The molecular formula is C22H23N3O5. The Morgan fingerprint density at radius 3 is 2.67 bits per heavy atom. The van der Waals surface area contributed by atoms with Crippen LogP contribution in [0.15, 0.2) is 34.9 Å². The van der Waals surface area contributed by atoms with Crippen molar-refractivity contribution in [3.8, 4) is 5.75 Å². The third-order valence-corrected chi connectivity index (χ3v) is 5.13. The van der Waals surface area contributed by atoms with Gasteiger partial charge in [0.2, 0.25) is 0 Å². The maximum absolute atomic E-state index is 12.9. The van der Waals surface area contributed by atoms with Gasteiger partial charge < -0.3 is 19.3 Å². The molecule has 1 aliphatic carbocycles. The van der Waals surface area contributed by atoms with E-state index in [1.54, 1.807) is 27.0 Å². The molecule has 0 bridgehead atoms. The highest BCUT2D eigenvalue weighted by atomic mass is 16.5. The number of carbonyl (C=O) groups is 2. The first-order chi connectivity index (χ1) is 14.5. The summed E-state index contributed by atoms with van der Waals surface area (Å²) >= 11 is 0. The van der Waals surface area contributed by atoms with Crippen LogP contribution in [-0.2, 0) is 16.1 Å². The third kappa shape index (κ3) is 4.12. The molecule has 8 nitrogen and oxygen atoms in total. The molecule has 0 unspecified atom stereocenters. The lowest BCUT2D eigenvalue weighted by Crippen LogP contribution is -2.35. The molecular weight excluding hydrogens is 386 g/mol. The molecule has 0 saturated heterocycles. The Bertz CT molecular complexity index is 1090. The van der Waals surface area contributed by atoms with Gasteiger partial charge in [0.05, 0.1) is 23.8 Å². The van der Waals surface area contributed by atoms with Gasteiger partial charge in [-0.2, -0.15) is 0 Å². The maximum Gasteiger partial charge on any atom is 0.339 e. The summed E-state index contributed by atoms with van der Waals surface area (Å²) in [5.74, 6) is 0.0961. The van der Waals surface area contributed by atoms with Crippen molar-refractivity contribution in [1.29, 1.82) is 0 Å². The minimum absolute atomic E-state index is 0.320. The van der Waals surface area contributed by atoms with Gasteiger partial charge in [-0.15, -0.1) is 0 Å². The third-order valence-electron chi connectivity index (χ3n) is 5.13. The van der Waals surface area contributed by atoms with Gasteiger partial charge in [0.25, 0.3) is 11.6 Å². The Morgan fingerprint density at radius 2 is 2.00 bits per heavy atom. The number of nitrogens with one attached hydrogen (secondary N) is 1. The second kappa shape index (κ2) is 8.14. The average Bonchev–Trinajstić information content (AvgIpc) is 3.55. The van der Waals surface area contributed by atoms with Crippen molar-refractivity contribution in [2.75, 3.05) is 7.11 Å². The summed E-state index contributed by atoms with van der Waals surface area (Å²) in [7, 11) is 1.60. The SMILES string of the molecule is COc1ccc(CNC(=O)[C@@H](C)OC(=O)c2cc(C3CC3)nc3onc(C)c23)cc1. The van der Waals surface area contributed by atoms with Gasteiger partial charge in [0, 0.05) is 18.2 Å². The molecule has 1 aromatic carbocycles. The summed E-state index contributed by atoms with van der Waals surface area (Å²) < 4.78 is 15.8. The van der Waals surface area contributed by atoms with Crippen LogP contribution in [0, 0.1) is 6.92 Å². The molecule has 156 valence electrons. The zero-order valence-corrected chi connectivity index (χ0v) is 17.1. The number of rotatable bonds is 7. The van der Waals surface area contributed by atoms with Gasteiger partial charge in [0.1, 0.15) is 5.75 Å². The number of benzene rings is 1. The molecule has 4 rings (SSSR count). The van der Waals surface area contributed by atoms with Crippen LogP contribution >= 0.6 is 0 Å². The van der Waals surface area contributed by atoms with Gasteiger partial charge in [-0.1, -0.05) is 17.3 Å². The van der Waals surface area contributed by atoms with Gasteiger partial charge in [-0.3, -0.25) is 4.79 Å². The smallest absolute Gasteiger partial charge is 0.339 e. The summed E-state index contributed by atoms with van der Waals surface area (Å²) in [6.07, 6.45) is 1.11. The fraction of sp³-hybridized carbons (Fsp3) is 0.364. The summed E-state index contributed by atoms with van der Waals surface area (Å²) in [6, 6.07) is 9.08. The number of ether oxygens (including phenoxy) is 2. The molecule has 1 N–H and O–H groups in total. The highest BCUT2D eigenvalue weighted by molar-refractivity contribution is 6.04. The number of aryl methyl sites for hydroxylation is 1. The second-order valence-corrected chi connectivity index (χ2v) is 7.43. The molecule has 0 spiro atoms. The van der Waals surface area contributed by atoms with Crippen molar-refractivity contribution in [2.45, 2.75) is 45.3 Å². The zero-order valence-electron chi connectivity index (χ0n) is 17.1. The van der Waals surface area contributed by atoms with Crippen molar-refractivity contribution in [2.24, 2.45) is 0 Å². The molecule has 1 amide bonds.